The molecule has 20 heavy (non-hydrogen) atoms. The Balaban J connectivity index is 1.96. The highest BCUT2D eigenvalue weighted by atomic mass is 32.1. The predicted molar refractivity (Wildman–Crippen MR) is 89.0 cm³/mol. The van der Waals surface area contributed by atoms with E-state index in [1.807, 2.05) is 11.3 Å². The van der Waals surface area contributed by atoms with Crippen LogP contribution in [0.2, 0.25) is 0 Å². The van der Waals surface area contributed by atoms with Crippen molar-refractivity contribution in [3.8, 4) is 0 Å². The van der Waals surface area contributed by atoms with Crippen LogP contribution in [0.4, 0.5) is 0 Å². The minimum atomic E-state index is 0.157. The van der Waals surface area contributed by atoms with Gasteiger partial charge in [-0.3, -0.25) is 0 Å². The number of nitrogens with two attached hydrogens (primary N) is 1. The maximum Gasteiger partial charge on any atom is 0.0307 e. The van der Waals surface area contributed by atoms with Gasteiger partial charge in [0.15, 0.2) is 0 Å². The van der Waals surface area contributed by atoms with Gasteiger partial charge in [-0.05, 0) is 48.5 Å². The molecule has 0 amide bonds. The summed E-state index contributed by atoms with van der Waals surface area (Å²) < 4.78 is 0. The summed E-state index contributed by atoms with van der Waals surface area (Å²) in [7, 11) is 0. The molecule has 2 rings (SSSR count). The van der Waals surface area contributed by atoms with Crippen LogP contribution in [0.5, 0.6) is 0 Å². The molecule has 0 bridgehead atoms. The Morgan fingerprint density at radius 1 is 1.35 bits per heavy atom. The van der Waals surface area contributed by atoms with Gasteiger partial charge in [0.2, 0.25) is 0 Å². The Kier molecular flexibility index (Phi) is 5.27. The van der Waals surface area contributed by atoms with E-state index in [4.69, 9.17) is 5.73 Å². The van der Waals surface area contributed by atoms with Gasteiger partial charge in [0, 0.05) is 23.5 Å². The summed E-state index contributed by atoms with van der Waals surface area (Å²) in [5.74, 6) is 0.833. The van der Waals surface area contributed by atoms with Crippen molar-refractivity contribution in [3.05, 3.63) is 22.4 Å². The minimum Gasteiger partial charge on any atom is -0.329 e. The summed E-state index contributed by atoms with van der Waals surface area (Å²) in [5, 5.41) is 5.93. The van der Waals surface area contributed by atoms with Crippen molar-refractivity contribution in [2.45, 2.75) is 65.0 Å². The molecule has 1 fully saturated rings. The molecule has 0 saturated heterocycles. The topological polar surface area (TPSA) is 38.0 Å². The summed E-state index contributed by atoms with van der Waals surface area (Å²) in [6.45, 7) is 8.87. The molecule has 1 aromatic heterocycles. The fourth-order valence-corrected chi connectivity index (χ4v) is 4.06. The standard InChI is InChI=1S/C17H30N2S/c1-16(2,3)14-6-4-9-17(13-18,10-8-14)19-12-15-7-5-11-20-15/h5,7,11,14,19H,4,6,8-10,12-13,18H2,1-3H3. The quantitative estimate of drug-likeness (QED) is 0.818. The van der Waals surface area contributed by atoms with Crippen molar-refractivity contribution in [1.29, 1.82) is 0 Å². The SMILES string of the molecule is CC(C)(C)C1CCCC(CN)(NCc2cccs2)CC1. The molecule has 3 N–H and O–H groups in total. The molecular weight excluding hydrogens is 264 g/mol. The number of hydrogen-bond donors (Lipinski definition) is 2. The van der Waals surface area contributed by atoms with Crippen LogP contribution in [0, 0.1) is 11.3 Å². The lowest BCUT2D eigenvalue weighted by Crippen LogP contribution is -2.50. The third-order valence-electron chi connectivity index (χ3n) is 5.01. The molecule has 0 spiro atoms. The maximum absolute atomic E-state index is 6.14. The van der Waals surface area contributed by atoms with Crippen LogP contribution in [0.3, 0.4) is 0 Å². The fourth-order valence-electron chi connectivity index (χ4n) is 3.41. The molecule has 3 heteroatoms. The summed E-state index contributed by atoms with van der Waals surface area (Å²) in [4.78, 5) is 1.41. The first kappa shape index (κ1) is 16.0. The van der Waals surface area contributed by atoms with E-state index >= 15 is 0 Å². The lowest BCUT2D eigenvalue weighted by atomic mass is 9.76. The van der Waals surface area contributed by atoms with E-state index in [1.165, 1.54) is 37.0 Å². The van der Waals surface area contributed by atoms with Crippen molar-refractivity contribution in [2.24, 2.45) is 17.1 Å². The van der Waals surface area contributed by atoms with E-state index in [2.05, 4.69) is 43.6 Å². The van der Waals surface area contributed by atoms with Crippen LogP contribution < -0.4 is 11.1 Å². The molecule has 0 radical (unpaired) electrons. The Hall–Kier alpha value is -0.380. The van der Waals surface area contributed by atoms with Gasteiger partial charge in [-0.2, -0.15) is 0 Å². The molecule has 1 saturated carbocycles. The molecule has 0 aromatic carbocycles. The minimum absolute atomic E-state index is 0.157. The average molecular weight is 295 g/mol. The first-order chi connectivity index (χ1) is 9.45. The van der Waals surface area contributed by atoms with Crippen LogP contribution in [0.1, 0.15) is 57.8 Å². The summed E-state index contributed by atoms with van der Waals surface area (Å²) in [6, 6.07) is 4.33. The number of thiophene rings is 1. The lowest BCUT2D eigenvalue weighted by Gasteiger charge is -2.34. The molecule has 114 valence electrons. The number of hydrogen-bond acceptors (Lipinski definition) is 3. The van der Waals surface area contributed by atoms with Crippen molar-refractivity contribution in [1.82, 2.24) is 5.32 Å². The monoisotopic (exact) mass is 294 g/mol. The van der Waals surface area contributed by atoms with Crippen LogP contribution in [-0.2, 0) is 6.54 Å². The molecular formula is C17H30N2S. The molecule has 1 heterocycles. The second kappa shape index (κ2) is 6.59. The maximum atomic E-state index is 6.14. The molecule has 1 aliphatic carbocycles. The first-order valence-electron chi connectivity index (χ1n) is 7.93. The summed E-state index contributed by atoms with van der Waals surface area (Å²) in [6.07, 6.45) is 6.40. The van der Waals surface area contributed by atoms with E-state index in [9.17, 15) is 0 Å². The molecule has 2 atom stereocenters. The van der Waals surface area contributed by atoms with Gasteiger partial charge in [-0.25, -0.2) is 0 Å². The smallest absolute Gasteiger partial charge is 0.0307 e. The highest BCUT2D eigenvalue weighted by Crippen LogP contribution is 2.39. The predicted octanol–water partition coefficient (Wildman–Crippen LogP) is 4.16. The Labute approximate surface area is 128 Å². The van der Waals surface area contributed by atoms with Gasteiger partial charge < -0.3 is 11.1 Å². The van der Waals surface area contributed by atoms with Crippen molar-refractivity contribution < 1.29 is 0 Å². The Morgan fingerprint density at radius 2 is 2.15 bits per heavy atom. The average Bonchev–Trinajstić information content (AvgIpc) is 2.81. The van der Waals surface area contributed by atoms with Crippen molar-refractivity contribution in [2.75, 3.05) is 6.54 Å². The molecule has 2 unspecified atom stereocenters. The molecule has 1 aromatic rings. The fraction of sp³-hybridized carbons (Fsp3) is 0.765. The van der Waals surface area contributed by atoms with Gasteiger partial charge in [0.05, 0.1) is 0 Å². The van der Waals surface area contributed by atoms with E-state index in [0.717, 1.165) is 19.0 Å². The molecule has 2 nitrogen and oxygen atoms in total. The van der Waals surface area contributed by atoms with E-state index < -0.39 is 0 Å². The third-order valence-corrected chi connectivity index (χ3v) is 5.89. The van der Waals surface area contributed by atoms with Gasteiger partial charge in [-0.15, -0.1) is 11.3 Å². The van der Waals surface area contributed by atoms with Crippen molar-refractivity contribution >= 4 is 11.3 Å². The van der Waals surface area contributed by atoms with E-state index in [-0.39, 0.29) is 5.54 Å². The normalized spacial score (nSPS) is 28.3. The lowest BCUT2D eigenvalue weighted by molar-refractivity contribution is 0.206. The third kappa shape index (κ3) is 4.06. The first-order valence-corrected chi connectivity index (χ1v) is 8.81. The second-order valence-electron chi connectivity index (χ2n) is 7.41. The Morgan fingerprint density at radius 3 is 2.75 bits per heavy atom. The largest absolute Gasteiger partial charge is 0.329 e. The van der Waals surface area contributed by atoms with E-state index in [1.54, 1.807) is 0 Å². The molecule has 0 aliphatic heterocycles. The molecule has 1 aliphatic rings. The van der Waals surface area contributed by atoms with Crippen molar-refractivity contribution in [3.63, 3.8) is 0 Å². The second-order valence-corrected chi connectivity index (χ2v) is 8.44. The van der Waals surface area contributed by atoms with Crippen LogP contribution in [0.15, 0.2) is 17.5 Å². The van der Waals surface area contributed by atoms with Gasteiger partial charge in [0.25, 0.3) is 0 Å². The Bertz CT molecular complexity index is 394. The summed E-state index contributed by atoms with van der Waals surface area (Å²) in [5.41, 5.74) is 6.73. The summed E-state index contributed by atoms with van der Waals surface area (Å²) >= 11 is 1.83. The van der Waals surface area contributed by atoms with Crippen LogP contribution in [-0.4, -0.2) is 12.1 Å². The zero-order chi connectivity index (χ0) is 14.6. The van der Waals surface area contributed by atoms with E-state index in [0.29, 0.717) is 5.41 Å². The zero-order valence-corrected chi connectivity index (χ0v) is 14.1. The highest BCUT2D eigenvalue weighted by Gasteiger charge is 2.35. The van der Waals surface area contributed by atoms with Gasteiger partial charge in [0.1, 0.15) is 0 Å². The highest BCUT2D eigenvalue weighted by molar-refractivity contribution is 7.09. The zero-order valence-electron chi connectivity index (χ0n) is 13.2. The van der Waals surface area contributed by atoms with Crippen LogP contribution in [0.25, 0.3) is 0 Å². The number of nitrogens with one attached hydrogen (secondary N) is 1. The van der Waals surface area contributed by atoms with Crippen LogP contribution >= 0.6 is 11.3 Å². The van der Waals surface area contributed by atoms with Gasteiger partial charge in [-0.1, -0.05) is 33.3 Å². The number of rotatable bonds is 4. The van der Waals surface area contributed by atoms with Gasteiger partial charge >= 0.3 is 0 Å².